The first-order valence-corrected chi connectivity index (χ1v) is 5.92. The summed E-state index contributed by atoms with van der Waals surface area (Å²) in [5.41, 5.74) is 2.40. The highest BCUT2D eigenvalue weighted by Gasteiger charge is 2.15. The second-order valence-electron chi connectivity index (χ2n) is 3.12. The molecule has 0 amide bonds. The number of unbranched alkanes of at least 4 members (excludes halogenated alkanes) is 1. The van der Waals surface area contributed by atoms with Crippen molar-refractivity contribution in [3.05, 3.63) is 22.2 Å². The Morgan fingerprint density at radius 3 is 2.94 bits per heavy atom. The van der Waals surface area contributed by atoms with Gasteiger partial charge >= 0.3 is 5.69 Å². The Bertz CT molecular complexity index is 373. The number of hydrogen-bond acceptors (Lipinski definition) is 6. The first-order chi connectivity index (χ1) is 7.69. The molecule has 16 heavy (non-hydrogen) atoms. The van der Waals surface area contributed by atoms with Crippen molar-refractivity contribution in [1.82, 2.24) is 4.98 Å². The molecule has 0 aliphatic heterocycles. The Hall–Kier alpha value is -1.34. The summed E-state index contributed by atoms with van der Waals surface area (Å²) in [7, 11) is 0. The van der Waals surface area contributed by atoms with Crippen molar-refractivity contribution in [3.8, 4) is 0 Å². The number of hydrazine groups is 1. The maximum atomic E-state index is 10.8. The van der Waals surface area contributed by atoms with Crippen LogP contribution in [0.25, 0.3) is 0 Å². The Kier molecular flexibility index (Phi) is 5.00. The van der Waals surface area contributed by atoms with Crippen LogP contribution < -0.4 is 11.3 Å². The first kappa shape index (κ1) is 12.7. The second kappa shape index (κ2) is 6.29. The number of thioether (sulfide) groups is 1. The SMILES string of the molecule is CCCCSc1nc(NN)ccc1[N+](=O)[O-]. The summed E-state index contributed by atoms with van der Waals surface area (Å²) in [6.45, 7) is 2.07. The summed E-state index contributed by atoms with van der Waals surface area (Å²) in [4.78, 5) is 14.4. The molecule has 0 bridgehead atoms. The topological polar surface area (TPSA) is 94.1 Å². The monoisotopic (exact) mass is 242 g/mol. The number of nitrogens with one attached hydrogen (secondary N) is 1. The van der Waals surface area contributed by atoms with Crippen LogP contribution in [-0.2, 0) is 0 Å². The minimum Gasteiger partial charge on any atom is -0.308 e. The summed E-state index contributed by atoms with van der Waals surface area (Å²) in [5.74, 6) is 6.46. The minimum atomic E-state index is -0.429. The molecule has 0 aliphatic carbocycles. The van der Waals surface area contributed by atoms with Crippen molar-refractivity contribution in [1.29, 1.82) is 0 Å². The summed E-state index contributed by atoms with van der Waals surface area (Å²) in [5, 5.41) is 11.2. The van der Waals surface area contributed by atoms with Crippen LogP contribution in [0.4, 0.5) is 11.5 Å². The molecule has 0 spiro atoms. The van der Waals surface area contributed by atoms with Gasteiger partial charge in [0.05, 0.1) is 4.92 Å². The average Bonchev–Trinajstić information content (AvgIpc) is 2.29. The quantitative estimate of drug-likeness (QED) is 0.261. The van der Waals surface area contributed by atoms with E-state index >= 15 is 0 Å². The number of hydrogen-bond donors (Lipinski definition) is 2. The Morgan fingerprint density at radius 2 is 2.38 bits per heavy atom. The van der Waals surface area contributed by atoms with Gasteiger partial charge < -0.3 is 5.43 Å². The molecule has 88 valence electrons. The van der Waals surface area contributed by atoms with Gasteiger partial charge in [0.2, 0.25) is 0 Å². The number of anilines is 1. The van der Waals surface area contributed by atoms with E-state index in [2.05, 4.69) is 17.3 Å². The van der Waals surface area contributed by atoms with Crippen LogP contribution in [0.5, 0.6) is 0 Å². The van der Waals surface area contributed by atoms with E-state index in [9.17, 15) is 10.1 Å². The van der Waals surface area contributed by atoms with Crippen molar-refractivity contribution in [2.75, 3.05) is 11.2 Å². The third-order valence-corrected chi connectivity index (χ3v) is 2.99. The molecular weight excluding hydrogens is 228 g/mol. The van der Waals surface area contributed by atoms with Crippen LogP contribution >= 0.6 is 11.8 Å². The van der Waals surface area contributed by atoms with Crippen LogP contribution in [0.2, 0.25) is 0 Å². The molecule has 1 aromatic rings. The van der Waals surface area contributed by atoms with Gasteiger partial charge in [0, 0.05) is 6.07 Å². The smallest absolute Gasteiger partial charge is 0.301 e. The lowest BCUT2D eigenvalue weighted by Crippen LogP contribution is -2.09. The fraction of sp³-hybridized carbons (Fsp3) is 0.444. The number of nitrogen functional groups attached to an aromatic ring is 1. The van der Waals surface area contributed by atoms with Gasteiger partial charge in [0.15, 0.2) is 5.03 Å². The number of nitrogens with two attached hydrogens (primary N) is 1. The molecule has 0 aromatic carbocycles. The normalized spacial score (nSPS) is 10.1. The summed E-state index contributed by atoms with van der Waals surface area (Å²) in [6.07, 6.45) is 2.05. The lowest BCUT2D eigenvalue weighted by atomic mass is 10.4. The van der Waals surface area contributed by atoms with Crippen LogP contribution in [-0.4, -0.2) is 15.7 Å². The lowest BCUT2D eigenvalue weighted by Gasteiger charge is -2.04. The van der Waals surface area contributed by atoms with Crippen molar-refractivity contribution in [2.24, 2.45) is 5.84 Å². The zero-order valence-electron chi connectivity index (χ0n) is 8.97. The van der Waals surface area contributed by atoms with Crippen LogP contribution in [0.3, 0.4) is 0 Å². The number of pyridine rings is 1. The third-order valence-electron chi connectivity index (χ3n) is 1.92. The molecule has 6 nitrogen and oxygen atoms in total. The molecule has 0 unspecified atom stereocenters. The Balaban J connectivity index is 2.87. The molecule has 0 aliphatic rings. The predicted molar refractivity (Wildman–Crippen MR) is 64.3 cm³/mol. The predicted octanol–water partition coefficient (Wildman–Crippen LogP) is 2.17. The van der Waals surface area contributed by atoms with E-state index in [4.69, 9.17) is 5.84 Å². The average molecular weight is 242 g/mol. The van der Waals surface area contributed by atoms with Gasteiger partial charge in [-0.05, 0) is 18.2 Å². The number of nitrogens with zero attached hydrogens (tertiary/aromatic N) is 2. The number of nitro groups is 1. The third kappa shape index (κ3) is 3.35. The van der Waals surface area contributed by atoms with Gasteiger partial charge in [-0.25, -0.2) is 10.8 Å². The maximum absolute atomic E-state index is 10.8. The Morgan fingerprint density at radius 1 is 1.62 bits per heavy atom. The van der Waals surface area contributed by atoms with Gasteiger partial charge in [-0.2, -0.15) is 0 Å². The van der Waals surface area contributed by atoms with Crippen LogP contribution in [0.15, 0.2) is 17.2 Å². The number of rotatable bonds is 6. The summed E-state index contributed by atoms with van der Waals surface area (Å²) < 4.78 is 0. The van der Waals surface area contributed by atoms with E-state index in [1.54, 1.807) is 0 Å². The van der Waals surface area contributed by atoms with E-state index < -0.39 is 4.92 Å². The zero-order valence-corrected chi connectivity index (χ0v) is 9.79. The maximum Gasteiger partial charge on any atom is 0.301 e. The second-order valence-corrected chi connectivity index (χ2v) is 4.21. The summed E-state index contributed by atoms with van der Waals surface area (Å²) >= 11 is 1.38. The number of aromatic nitrogens is 1. The molecule has 1 aromatic heterocycles. The van der Waals surface area contributed by atoms with Gasteiger partial charge in [0.1, 0.15) is 5.82 Å². The molecule has 0 saturated heterocycles. The molecular formula is C9H14N4O2S. The molecule has 3 N–H and O–H groups in total. The van der Waals surface area contributed by atoms with Crippen molar-refractivity contribution < 1.29 is 4.92 Å². The highest BCUT2D eigenvalue weighted by atomic mass is 32.2. The van der Waals surface area contributed by atoms with Gasteiger partial charge in [-0.3, -0.25) is 10.1 Å². The molecule has 1 rings (SSSR count). The minimum absolute atomic E-state index is 0.0279. The van der Waals surface area contributed by atoms with Crippen molar-refractivity contribution in [3.63, 3.8) is 0 Å². The van der Waals surface area contributed by atoms with E-state index in [1.807, 2.05) is 0 Å². The lowest BCUT2D eigenvalue weighted by molar-refractivity contribution is -0.388. The standard InChI is InChI=1S/C9H14N4O2S/c1-2-3-6-16-9-7(13(14)15)4-5-8(11-9)12-10/h4-5H,2-3,6,10H2,1H3,(H,11,12). The van der Waals surface area contributed by atoms with Crippen LogP contribution in [0, 0.1) is 10.1 Å². The molecule has 0 atom stereocenters. The molecule has 0 radical (unpaired) electrons. The van der Waals surface area contributed by atoms with E-state index in [1.165, 1.54) is 23.9 Å². The van der Waals surface area contributed by atoms with Gasteiger partial charge in [-0.15, -0.1) is 0 Å². The fourth-order valence-corrected chi connectivity index (χ4v) is 2.15. The zero-order chi connectivity index (χ0) is 12.0. The highest BCUT2D eigenvalue weighted by molar-refractivity contribution is 7.99. The van der Waals surface area contributed by atoms with Crippen molar-refractivity contribution >= 4 is 23.3 Å². The highest BCUT2D eigenvalue weighted by Crippen LogP contribution is 2.28. The van der Waals surface area contributed by atoms with Gasteiger partial charge in [0.25, 0.3) is 0 Å². The largest absolute Gasteiger partial charge is 0.308 e. The van der Waals surface area contributed by atoms with E-state index in [0.29, 0.717) is 10.8 Å². The molecule has 1 heterocycles. The van der Waals surface area contributed by atoms with E-state index in [0.717, 1.165) is 18.6 Å². The molecule has 7 heteroatoms. The molecule has 0 saturated carbocycles. The Labute approximate surface area is 97.7 Å². The van der Waals surface area contributed by atoms with E-state index in [-0.39, 0.29) is 5.69 Å². The molecule has 0 fully saturated rings. The fourth-order valence-electron chi connectivity index (χ4n) is 1.07. The summed E-state index contributed by atoms with van der Waals surface area (Å²) in [6, 6.07) is 2.90. The van der Waals surface area contributed by atoms with Gasteiger partial charge in [-0.1, -0.05) is 25.1 Å². The van der Waals surface area contributed by atoms with Crippen molar-refractivity contribution in [2.45, 2.75) is 24.8 Å². The van der Waals surface area contributed by atoms with Crippen LogP contribution in [0.1, 0.15) is 19.8 Å². The first-order valence-electron chi connectivity index (χ1n) is 4.94.